The van der Waals surface area contributed by atoms with Gasteiger partial charge in [0.1, 0.15) is 18.3 Å². The Kier molecular flexibility index (Phi) is 9.79. The van der Waals surface area contributed by atoms with Crippen molar-refractivity contribution in [2.45, 2.75) is 127 Å². The molecule has 7 atom stereocenters. The molecule has 9 rings (SSSR count). The van der Waals surface area contributed by atoms with E-state index in [-0.39, 0.29) is 43.5 Å². The molecule has 2 aliphatic heterocycles. The van der Waals surface area contributed by atoms with E-state index in [1.165, 1.54) is 18.4 Å². The molecule has 2 aromatic rings. The number of rotatable bonds is 11. The van der Waals surface area contributed by atoms with Crippen LogP contribution in [0.2, 0.25) is 0 Å². The van der Waals surface area contributed by atoms with Crippen LogP contribution in [0.1, 0.15) is 117 Å². The lowest BCUT2D eigenvalue weighted by Gasteiger charge is -2.53. The number of nitrogens with one attached hydrogen (secondary N) is 2. The number of carbonyl (C=O) groups is 3. The number of hydrogen-bond donors (Lipinski definition) is 3. The quantitative estimate of drug-likeness (QED) is 0.171. The van der Waals surface area contributed by atoms with Gasteiger partial charge in [-0.3, -0.25) is 9.59 Å². The molecule has 298 valence electrons. The van der Waals surface area contributed by atoms with E-state index in [9.17, 15) is 14.4 Å². The summed E-state index contributed by atoms with van der Waals surface area (Å²) < 4.78 is 26.0. The van der Waals surface area contributed by atoms with Crippen LogP contribution in [-0.4, -0.2) is 71.8 Å². The second-order valence-corrected chi connectivity index (χ2v) is 18.4. The predicted octanol–water partition coefficient (Wildman–Crippen LogP) is 6.66. The van der Waals surface area contributed by atoms with Gasteiger partial charge in [-0.15, -0.1) is 0 Å². The monoisotopic (exact) mass is 764 g/mol. The third-order valence-electron chi connectivity index (χ3n) is 13.9. The van der Waals surface area contributed by atoms with Gasteiger partial charge in [0.05, 0.1) is 23.9 Å². The zero-order valence-corrected chi connectivity index (χ0v) is 32.9. The molecule has 2 aromatic carbocycles. The summed E-state index contributed by atoms with van der Waals surface area (Å²) in [6.07, 6.45) is 12.9. The van der Waals surface area contributed by atoms with Crippen LogP contribution in [0.5, 0.6) is 0 Å². The van der Waals surface area contributed by atoms with E-state index in [0.717, 1.165) is 56.1 Å². The van der Waals surface area contributed by atoms with Crippen molar-refractivity contribution in [1.29, 1.82) is 0 Å². The summed E-state index contributed by atoms with van der Waals surface area (Å²) in [5, 5.41) is 14.7. The SMILES string of the molecule is CC1(C)C[C@@H]2C(=Cc3ccc(C(=O)O[C@@H]4CC(C(=O)NCc5cccc(C(=O)NCCO)c5)=C[C@H]5OC(C6CC6)(C6CC6)O[C@H]54)cc3)CCC3O[C@]3(C)CC[C@H]21. The molecule has 10 nitrogen and oxygen atoms in total. The minimum Gasteiger partial charge on any atom is -0.456 e. The van der Waals surface area contributed by atoms with Crippen LogP contribution < -0.4 is 10.6 Å². The minimum absolute atomic E-state index is 0.0497. The van der Waals surface area contributed by atoms with E-state index >= 15 is 0 Å². The van der Waals surface area contributed by atoms with E-state index in [4.69, 9.17) is 24.1 Å². The largest absolute Gasteiger partial charge is 0.456 e. The lowest BCUT2D eigenvalue weighted by atomic mass is 9.52. The molecular formula is C46H56N2O8. The van der Waals surface area contributed by atoms with Crippen LogP contribution in [0, 0.1) is 29.1 Å². The summed E-state index contributed by atoms with van der Waals surface area (Å²) in [5.74, 6) is 0.173. The van der Waals surface area contributed by atoms with Gasteiger partial charge in [-0.1, -0.05) is 49.8 Å². The molecule has 0 spiro atoms. The van der Waals surface area contributed by atoms with E-state index in [1.807, 2.05) is 36.4 Å². The number of aliphatic hydroxyl groups is 1. The van der Waals surface area contributed by atoms with Gasteiger partial charge in [-0.2, -0.15) is 0 Å². The maximum atomic E-state index is 13.9. The number of esters is 1. The van der Waals surface area contributed by atoms with Crippen molar-refractivity contribution in [2.24, 2.45) is 29.1 Å². The number of amides is 2. The highest BCUT2D eigenvalue weighted by Crippen LogP contribution is 2.61. The van der Waals surface area contributed by atoms with Gasteiger partial charge in [0.2, 0.25) is 5.91 Å². The molecule has 7 aliphatic rings. The van der Waals surface area contributed by atoms with Gasteiger partial charge in [0, 0.05) is 42.5 Å². The van der Waals surface area contributed by atoms with Crippen molar-refractivity contribution in [1.82, 2.24) is 10.6 Å². The molecule has 3 N–H and O–H groups in total. The van der Waals surface area contributed by atoms with Crippen molar-refractivity contribution in [2.75, 3.05) is 13.2 Å². The van der Waals surface area contributed by atoms with Crippen LogP contribution in [-0.2, 0) is 30.3 Å². The topological polar surface area (TPSA) is 136 Å². The average molecular weight is 765 g/mol. The standard InChI is InChI=1S/C46H56N2O8/c1-44(2)25-35-30(11-16-39-45(3,55-39)18-17-36(35)44)21-27-7-9-29(10-8-27)43(52)53-37-23-32(24-38-40(37)56-46(54-38,33-12-13-33)34-14-15-34)42(51)48-26-28-5-4-6-31(22-28)41(50)47-19-20-49/h4-10,21-22,24,33-40,49H,11-20,23,25-26H2,1-3H3,(H,47,50)(H,48,51)/t35-,36-,37-,38-,39?,40+,45-/m1/s1. The molecule has 2 heterocycles. The first kappa shape index (κ1) is 37.7. The maximum Gasteiger partial charge on any atom is 0.338 e. The van der Waals surface area contributed by atoms with Gasteiger partial charge < -0.3 is 34.7 Å². The summed E-state index contributed by atoms with van der Waals surface area (Å²) in [7, 11) is 0. The Morgan fingerprint density at radius 3 is 2.38 bits per heavy atom. The van der Waals surface area contributed by atoms with Crippen LogP contribution in [0.15, 0.2) is 65.8 Å². The number of allylic oxidation sites excluding steroid dienone is 1. The van der Waals surface area contributed by atoms with Gasteiger partial charge >= 0.3 is 5.97 Å². The highest BCUT2D eigenvalue weighted by atomic mass is 16.8. The maximum absolute atomic E-state index is 13.9. The zero-order chi connectivity index (χ0) is 38.8. The minimum atomic E-state index is -0.703. The molecule has 0 radical (unpaired) electrons. The third kappa shape index (κ3) is 7.38. The molecule has 4 saturated carbocycles. The Morgan fingerprint density at radius 1 is 0.893 bits per heavy atom. The molecule has 0 aromatic heterocycles. The van der Waals surface area contributed by atoms with Gasteiger partial charge in [-0.05, 0) is 123 Å². The first-order valence-electron chi connectivity index (χ1n) is 21.0. The van der Waals surface area contributed by atoms with Crippen LogP contribution >= 0.6 is 0 Å². The smallest absolute Gasteiger partial charge is 0.338 e. The Morgan fingerprint density at radius 2 is 1.66 bits per heavy atom. The molecule has 2 amide bonds. The van der Waals surface area contributed by atoms with Crippen LogP contribution in [0.25, 0.3) is 6.08 Å². The fraction of sp³-hybridized carbons (Fsp3) is 0.587. The molecule has 0 bridgehead atoms. The Bertz CT molecular complexity index is 1920. The van der Waals surface area contributed by atoms with Crippen molar-refractivity contribution in [3.63, 3.8) is 0 Å². The van der Waals surface area contributed by atoms with Crippen molar-refractivity contribution >= 4 is 23.9 Å². The second-order valence-electron chi connectivity index (χ2n) is 18.4. The van der Waals surface area contributed by atoms with Gasteiger partial charge in [0.25, 0.3) is 5.91 Å². The van der Waals surface area contributed by atoms with E-state index in [1.54, 1.807) is 18.2 Å². The lowest BCUT2D eigenvalue weighted by Crippen LogP contribution is -2.45. The average Bonchev–Trinajstić information content (AvgIpc) is 4.10. The summed E-state index contributed by atoms with van der Waals surface area (Å²) in [5.41, 5.74) is 5.12. The van der Waals surface area contributed by atoms with E-state index in [0.29, 0.717) is 51.9 Å². The van der Waals surface area contributed by atoms with Crippen LogP contribution in [0.3, 0.4) is 0 Å². The molecule has 56 heavy (non-hydrogen) atoms. The number of fused-ring (bicyclic) bond motifs is 3. The number of benzene rings is 2. The Labute approximate surface area is 329 Å². The molecule has 5 aliphatic carbocycles. The normalized spacial score (nSPS) is 33.2. The molecule has 10 heteroatoms. The highest BCUT2D eigenvalue weighted by molar-refractivity contribution is 5.95. The van der Waals surface area contributed by atoms with Crippen molar-refractivity contribution in [3.8, 4) is 0 Å². The van der Waals surface area contributed by atoms with E-state index < -0.39 is 30.1 Å². The number of ether oxygens (including phenoxy) is 4. The summed E-state index contributed by atoms with van der Waals surface area (Å²) in [4.78, 5) is 40.0. The summed E-state index contributed by atoms with van der Waals surface area (Å²) >= 11 is 0. The first-order chi connectivity index (χ1) is 26.9. The predicted molar refractivity (Wildman–Crippen MR) is 209 cm³/mol. The number of hydrogen-bond acceptors (Lipinski definition) is 8. The number of epoxide rings is 1. The van der Waals surface area contributed by atoms with E-state index in [2.05, 4.69) is 37.5 Å². The molecule has 1 unspecified atom stereocenters. The van der Waals surface area contributed by atoms with Crippen LogP contribution in [0.4, 0.5) is 0 Å². The molecular weight excluding hydrogens is 709 g/mol. The Hall–Kier alpha value is -3.83. The fourth-order valence-corrected chi connectivity index (χ4v) is 10.3. The summed E-state index contributed by atoms with van der Waals surface area (Å²) in [6.45, 7) is 7.31. The zero-order valence-electron chi connectivity index (χ0n) is 32.9. The second kappa shape index (κ2) is 14.5. The first-order valence-corrected chi connectivity index (χ1v) is 21.0. The van der Waals surface area contributed by atoms with Gasteiger partial charge in [-0.25, -0.2) is 4.79 Å². The highest BCUT2D eigenvalue weighted by Gasteiger charge is 2.64. The third-order valence-corrected chi connectivity index (χ3v) is 13.9. The fourth-order valence-electron chi connectivity index (χ4n) is 10.3. The van der Waals surface area contributed by atoms with Crippen molar-refractivity contribution in [3.05, 3.63) is 88.0 Å². The summed E-state index contributed by atoms with van der Waals surface area (Å²) in [6, 6.07) is 14.7. The molecule has 6 fully saturated rings. The number of aliphatic hydroxyl groups excluding tert-OH is 1. The number of carbonyl (C=O) groups excluding carboxylic acids is 3. The lowest BCUT2D eigenvalue weighted by molar-refractivity contribution is -0.209. The van der Waals surface area contributed by atoms with Crippen molar-refractivity contribution < 1.29 is 38.4 Å². The van der Waals surface area contributed by atoms with Gasteiger partial charge in [0.15, 0.2) is 5.79 Å². The molecule has 2 saturated heterocycles. The Balaban J connectivity index is 0.895.